The number of para-hydroxylation sites is 2. The van der Waals surface area contributed by atoms with Crippen molar-refractivity contribution in [1.29, 1.82) is 0 Å². The number of ether oxygens (including phenoxy) is 2. The first kappa shape index (κ1) is 15.8. The van der Waals surface area contributed by atoms with Gasteiger partial charge in [-0.3, -0.25) is 4.90 Å². The second kappa shape index (κ2) is 6.65. The van der Waals surface area contributed by atoms with Crippen molar-refractivity contribution in [1.82, 2.24) is 4.90 Å². The van der Waals surface area contributed by atoms with Gasteiger partial charge in [0.1, 0.15) is 18.5 Å². The highest BCUT2D eigenvalue weighted by Crippen LogP contribution is 2.32. The molecule has 1 atom stereocenters. The molecule has 128 valence electrons. The van der Waals surface area contributed by atoms with Gasteiger partial charge in [0.05, 0.1) is 0 Å². The number of phenolic OH excluding ortho intramolecular Hbond substituents is 1. The summed E-state index contributed by atoms with van der Waals surface area (Å²) in [5.41, 5.74) is 0.942. The lowest BCUT2D eigenvalue weighted by Crippen LogP contribution is -2.39. The molecule has 0 aromatic heterocycles. The van der Waals surface area contributed by atoms with E-state index >= 15 is 0 Å². The third-order valence-electron chi connectivity index (χ3n) is 4.53. The summed E-state index contributed by atoms with van der Waals surface area (Å²) in [6.45, 7) is 1.90. The van der Waals surface area contributed by atoms with Gasteiger partial charge in [-0.1, -0.05) is 42.5 Å². The van der Waals surface area contributed by atoms with Crippen LogP contribution in [0.25, 0.3) is 10.8 Å². The maximum atomic E-state index is 10.3. The zero-order valence-electron chi connectivity index (χ0n) is 14.2. The van der Waals surface area contributed by atoms with E-state index in [1.54, 1.807) is 6.07 Å². The number of rotatable bonds is 4. The van der Waals surface area contributed by atoms with Crippen LogP contribution in [-0.2, 0) is 6.54 Å². The van der Waals surface area contributed by atoms with Gasteiger partial charge in [-0.15, -0.1) is 0 Å². The minimum atomic E-state index is -0.0305. The summed E-state index contributed by atoms with van der Waals surface area (Å²) in [6.07, 6.45) is -0.0305. The fourth-order valence-electron chi connectivity index (χ4n) is 3.33. The highest BCUT2D eigenvalue weighted by atomic mass is 16.6. The highest BCUT2D eigenvalue weighted by Gasteiger charge is 2.22. The van der Waals surface area contributed by atoms with Crippen LogP contribution in [0.4, 0.5) is 0 Å². The zero-order valence-corrected chi connectivity index (χ0v) is 14.2. The quantitative estimate of drug-likeness (QED) is 0.787. The van der Waals surface area contributed by atoms with E-state index in [-0.39, 0.29) is 6.10 Å². The molecule has 0 fully saturated rings. The Balaban J connectivity index is 1.48. The van der Waals surface area contributed by atoms with Crippen molar-refractivity contribution in [3.05, 3.63) is 66.2 Å². The van der Waals surface area contributed by atoms with E-state index in [0.717, 1.165) is 34.4 Å². The van der Waals surface area contributed by atoms with Crippen LogP contribution in [0.2, 0.25) is 0 Å². The van der Waals surface area contributed by atoms with Gasteiger partial charge in [-0.25, -0.2) is 0 Å². The number of phenols is 1. The summed E-state index contributed by atoms with van der Waals surface area (Å²) >= 11 is 0. The number of aromatic hydroxyl groups is 1. The molecule has 0 amide bonds. The summed E-state index contributed by atoms with van der Waals surface area (Å²) in [6, 6.07) is 19.6. The van der Waals surface area contributed by atoms with Crippen molar-refractivity contribution in [2.24, 2.45) is 0 Å². The van der Waals surface area contributed by atoms with Crippen molar-refractivity contribution in [2.75, 3.05) is 20.2 Å². The maximum absolute atomic E-state index is 10.3. The van der Waals surface area contributed by atoms with Crippen LogP contribution < -0.4 is 9.47 Å². The molecular weight excluding hydrogens is 314 g/mol. The summed E-state index contributed by atoms with van der Waals surface area (Å²) in [4.78, 5) is 2.16. The Morgan fingerprint density at radius 3 is 2.64 bits per heavy atom. The van der Waals surface area contributed by atoms with Gasteiger partial charge in [-0.05, 0) is 36.0 Å². The van der Waals surface area contributed by atoms with E-state index in [2.05, 4.69) is 17.0 Å². The predicted octanol–water partition coefficient (Wildman–Crippen LogP) is 3.82. The van der Waals surface area contributed by atoms with Gasteiger partial charge >= 0.3 is 0 Å². The number of hydrogen-bond donors (Lipinski definition) is 1. The molecule has 25 heavy (non-hydrogen) atoms. The Labute approximate surface area is 147 Å². The second-order valence-corrected chi connectivity index (χ2v) is 6.48. The largest absolute Gasteiger partial charge is 0.508 e. The standard InChI is InChI=1S/C21H21NO3/c1-22(12-16-14-24-20-8-4-5-9-21(20)25-16)13-18-17-7-3-2-6-15(17)10-11-19(18)23/h2-11,16,23H,12-14H2,1H3/t16-/m1/s1. The van der Waals surface area contributed by atoms with E-state index in [0.29, 0.717) is 18.9 Å². The van der Waals surface area contributed by atoms with E-state index in [1.807, 2.05) is 49.5 Å². The van der Waals surface area contributed by atoms with Crippen molar-refractivity contribution >= 4 is 10.8 Å². The highest BCUT2D eigenvalue weighted by molar-refractivity contribution is 5.87. The maximum Gasteiger partial charge on any atom is 0.161 e. The van der Waals surface area contributed by atoms with Crippen LogP contribution in [0.1, 0.15) is 5.56 Å². The van der Waals surface area contributed by atoms with E-state index in [4.69, 9.17) is 9.47 Å². The molecule has 4 rings (SSSR count). The van der Waals surface area contributed by atoms with E-state index < -0.39 is 0 Å². The molecule has 0 saturated heterocycles. The monoisotopic (exact) mass is 335 g/mol. The van der Waals surface area contributed by atoms with Gasteiger partial charge < -0.3 is 14.6 Å². The Bertz CT molecular complexity index is 893. The fraction of sp³-hybridized carbons (Fsp3) is 0.238. The molecule has 4 nitrogen and oxygen atoms in total. The van der Waals surface area contributed by atoms with Gasteiger partial charge in [0, 0.05) is 18.7 Å². The van der Waals surface area contributed by atoms with Crippen LogP contribution in [-0.4, -0.2) is 36.3 Å². The SMILES string of the molecule is CN(Cc1c(O)ccc2ccccc12)C[C@@H]1COc2ccccc2O1. The van der Waals surface area contributed by atoms with Crippen LogP contribution in [0.15, 0.2) is 60.7 Å². The van der Waals surface area contributed by atoms with Crippen LogP contribution in [0.5, 0.6) is 17.2 Å². The van der Waals surface area contributed by atoms with Crippen molar-refractivity contribution in [2.45, 2.75) is 12.6 Å². The summed E-state index contributed by atoms with van der Waals surface area (Å²) in [7, 11) is 2.03. The summed E-state index contributed by atoms with van der Waals surface area (Å²) in [5, 5.41) is 12.5. The Hall–Kier alpha value is -2.72. The molecule has 0 unspecified atom stereocenters. The smallest absolute Gasteiger partial charge is 0.161 e. The van der Waals surface area contributed by atoms with Gasteiger partial charge in [0.15, 0.2) is 11.5 Å². The van der Waals surface area contributed by atoms with Crippen LogP contribution in [0.3, 0.4) is 0 Å². The minimum Gasteiger partial charge on any atom is -0.508 e. The molecular formula is C21H21NO3. The minimum absolute atomic E-state index is 0.0305. The molecule has 0 aliphatic carbocycles. The van der Waals surface area contributed by atoms with E-state index in [1.165, 1.54) is 0 Å². The predicted molar refractivity (Wildman–Crippen MR) is 98.3 cm³/mol. The van der Waals surface area contributed by atoms with Gasteiger partial charge in [0.2, 0.25) is 0 Å². The van der Waals surface area contributed by atoms with Gasteiger partial charge in [-0.2, -0.15) is 0 Å². The second-order valence-electron chi connectivity index (χ2n) is 6.48. The zero-order chi connectivity index (χ0) is 17.2. The molecule has 0 radical (unpaired) electrons. The third-order valence-corrected chi connectivity index (χ3v) is 4.53. The van der Waals surface area contributed by atoms with Crippen LogP contribution >= 0.6 is 0 Å². The Kier molecular flexibility index (Phi) is 4.20. The van der Waals surface area contributed by atoms with E-state index in [9.17, 15) is 5.11 Å². The number of fused-ring (bicyclic) bond motifs is 2. The first-order valence-electron chi connectivity index (χ1n) is 8.47. The third kappa shape index (κ3) is 3.26. The summed E-state index contributed by atoms with van der Waals surface area (Å²) in [5.74, 6) is 1.92. The first-order chi connectivity index (χ1) is 12.2. The average molecular weight is 335 g/mol. The lowest BCUT2D eigenvalue weighted by molar-refractivity contribution is 0.0637. The molecule has 1 N–H and O–H groups in total. The number of nitrogens with zero attached hydrogens (tertiary/aromatic N) is 1. The molecule has 0 bridgehead atoms. The average Bonchev–Trinajstić information content (AvgIpc) is 2.64. The molecule has 4 heteroatoms. The lowest BCUT2D eigenvalue weighted by Gasteiger charge is -2.29. The number of hydrogen-bond acceptors (Lipinski definition) is 4. The molecule has 0 spiro atoms. The molecule has 3 aromatic carbocycles. The molecule has 1 heterocycles. The number of likely N-dealkylation sites (N-methyl/N-ethyl adjacent to an activating group) is 1. The number of benzene rings is 3. The van der Waals surface area contributed by atoms with Crippen molar-refractivity contribution < 1.29 is 14.6 Å². The Morgan fingerprint density at radius 2 is 1.76 bits per heavy atom. The molecule has 3 aromatic rings. The Morgan fingerprint density at radius 1 is 1.00 bits per heavy atom. The van der Waals surface area contributed by atoms with Crippen LogP contribution in [0, 0.1) is 0 Å². The normalized spacial score (nSPS) is 16.3. The molecule has 0 saturated carbocycles. The molecule has 1 aliphatic heterocycles. The van der Waals surface area contributed by atoms with Gasteiger partial charge in [0.25, 0.3) is 0 Å². The fourth-order valence-corrected chi connectivity index (χ4v) is 3.33. The first-order valence-corrected chi connectivity index (χ1v) is 8.47. The summed E-state index contributed by atoms with van der Waals surface area (Å²) < 4.78 is 11.8. The van der Waals surface area contributed by atoms with Crippen molar-refractivity contribution in [3.63, 3.8) is 0 Å². The lowest BCUT2D eigenvalue weighted by atomic mass is 10.0. The molecule has 1 aliphatic rings. The topological polar surface area (TPSA) is 41.9 Å². The van der Waals surface area contributed by atoms with Crippen molar-refractivity contribution in [3.8, 4) is 17.2 Å².